The molecule has 5 heteroatoms. The first-order valence-electron chi connectivity index (χ1n) is 7.25. The zero-order chi connectivity index (χ0) is 15.1. The Kier molecular flexibility index (Phi) is 3.27. The maximum atomic E-state index is 12.3. The van der Waals surface area contributed by atoms with Crippen molar-refractivity contribution in [1.82, 2.24) is 4.90 Å². The quantitative estimate of drug-likeness (QED) is 0.773. The van der Waals surface area contributed by atoms with E-state index < -0.39 is 11.7 Å². The van der Waals surface area contributed by atoms with Crippen LogP contribution in [0.4, 0.5) is 5.69 Å². The lowest BCUT2D eigenvalue weighted by atomic mass is 10.0. The SMILES string of the molecule is Cc1ccc2c(c1C)N(CC(=O)N1CCCC1)C(=O)C2=O. The Hall–Kier alpha value is -2.17. The molecule has 3 rings (SSSR count). The number of nitrogens with zero attached hydrogens (tertiary/aromatic N) is 2. The first kappa shape index (κ1) is 13.8. The van der Waals surface area contributed by atoms with Gasteiger partial charge in [-0.3, -0.25) is 19.3 Å². The summed E-state index contributed by atoms with van der Waals surface area (Å²) in [6.07, 6.45) is 2.01. The molecule has 0 bridgehead atoms. The number of ketones is 1. The Labute approximate surface area is 123 Å². The van der Waals surface area contributed by atoms with E-state index in [4.69, 9.17) is 0 Å². The fraction of sp³-hybridized carbons (Fsp3) is 0.438. The molecule has 2 aliphatic rings. The summed E-state index contributed by atoms with van der Waals surface area (Å²) in [4.78, 5) is 39.6. The average molecular weight is 286 g/mol. The number of hydrogen-bond donors (Lipinski definition) is 0. The van der Waals surface area contributed by atoms with Crippen molar-refractivity contribution < 1.29 is 14.4 Å². The molecule has 1 saturated heterocycles. The number of amides is 2. The van der Waals surface area contributed by atoms with Crippen molar-refractivity contribution in [2.75, 3.05) is 24.5 Å². The lowest BCUT2D eigenvalue weighted by Gasteiger charge is -2.22. The monoisotopic (exact) mass is 286 g/mol. The van der Waals surface area contributed by atoms with E-state index in [2.05, 4.69) is 0 Å². The zero-order valence-electron chi connectivity index (χ0n) is 12.3. The number of likely N-dealkylation sites (tertiary alicyclic amines) is 1. The van der Waals surface area contributed by atoms with Gasteiger partial charge in [-0.15, -0.1) is 0 Å². The number of carbonyl (C=O) groups is 3. The molecule has 0 atom stereocenters. The fourth-order valence-corrected chi connectivity index (χ4v) is 3.02. The Morgan fingerprint density at radius 2 is 1.81 bits per heavy atom. The molecule has 2 aliphatic heterocycles. The number of aryl methyl sites for hydroxylation is 1. The van der Waals surface area contributed by atoms with Gasteiger partial charge in [0.2, 0.25) is 5.91 Å². The summed E-state index contributed by atoms with van der Waals surface area (Å²) in [6.45, 7) is 5.27. The van der Waals surface area contributed by atoms with Gasteiger partial charge in [-0.2, -0.15) is 0 Å². The average Bonchev–Trinajstić information content (AvgIpc) is 3.07. The molecule has 0 spiro atoms. The van der Waals surface area contributed by atoms with Crippen molar-refractivity contribution in [2.45, 2.75) is 26.7 Å². The Morgan fingerprint density at radius 3 is 2.48 bits per heavy atom. The summed E-state index contributed by atoms with van der Waals surface area (Å²) in [5.74, 6) is -1.18. The first-order valence-corrected chi connectivity index (χ1v) is 7.25. The molecular weight excluding hydrogens is 268 g/mol. The first-order chi connectivity index (χ1) is 10.0. The molecule has 0 aliphatic carbocycles. The van der Waals surface area contributed by atoms with Gasteiger partial charge in [-0.05, 0) is 43.9 Å². The molecule has 2 heterocycles. The van der Waals surface area contributed by atoms with Crippen LogP contribution < -0.4 is 4.90 Å². The van der Waals surface area contributed by atoms with Crippen molar-refractivity contribution in [1.29, 1.82) is 0 Å². The second kappa shape index (κ2) is 4.98. The van der Waals surface area contributed by atoms with Crippen molar-refractivity contribution >= 4 is 23.3 Å². The van der Waals surface area contributed by atoms with Crippen LogP contribution in [0.2, 0.25) is 0 Å². The van der Waals surface area contributed by atoms with Gasteiger partial charge >= 0.3 is 0 Å². The van der Waals surface area contributed by atoms with E-state index in [0.29, 0.717) is 11.3 Å². The van der Waals surface area contributed by atoms with Gasteiger partial charge in [-0.1, -0.05) is 6.07 Å². The molecule has 0 unspecified atom stereocenters. The number of benzene rings is 1. The van der Waals surface area contributed by atoms with Gasteiger partial charge in [0.15, 0.2) is 0 Å². The van der Waals surface area contributed by atoms with Crippen LogP contribution in [0, 0.1) is 13.8 Å². The van der Waals surface area contributed by atoms with Crippen LogP contribution in [0.3, 0.4) is 0 Å². The molecule has 2 amide bonds. The Bertz CT molecular complexity index is 645. The van der Waals surface area contributed by atoms with Gasteiger partial charge in [0.25, 0.3) is 11.7 Å². The molecule has 1 aromatic carbocycles. The number of fused-ring (bicyclic) bond motifs is 1. The van der Waals surface area contributed by atoms with Crippen molar-refractivity contribution in [3.63, 3.8) is 0 Å². The molecule has 0 radical (unpaired) electrons. The third-order valence-electron chi connectivity index (χ3n) is 4.41. The highest BCUT2D eigenvalue weighted by molar-refractivity contribution is 6.52. The Balaban J connectivity index is 1.93. The van der Waals surface area contributed by atoms with Gasteiger partial charge in [0, 0.05) is 13.1 Å². The number of rotatable bonds is 2. The summed E-state index contributed by atoms with van der Waals surface area (Å²) >= 11 is 0. The van der Waals surface area contributed by atoms with Gasteiger partial charge in [0.05, 0.1) is 11.3 Å². The summed E-state index contributed by atoms with van der Waals surface area (Å²) in [5.41, 5.74) is 2.92. The maximum Gasteiger partial charge on any atom is 0.299 e. The van der Waals surface area contributed by atoms with E-state index in [0.717, 1.165) is 37.1 Å². The van der Waals surface area contributed by atoms with E-state index in [1.54, 1.807) is 11.0 Å². The normalized spacial score (nSPS) is 17.6. The van der Waals surface area contributed by atoms with Crippen molar-refractivity contribution in [2.24, 2.45) is 0 Å². The molecule has 0 N–H and O–H groups in total. The predicted molar refractivity (Wildman–Crippen MR) is 78.4 cm³/mol. The zero-order valence-corrected chi connectivity index (χ0v) is 12.3. The van der Waals surface area contributed by atoms with E-state index in [1.807, 2.05) is 19.9 Å². The lowest BCUT2D eigenvalue weighted by Crippen LogP contribution is -2.41. The minimum absolute atomic E-state index is 0.0398. The van der Waals surface area contributed by atoms with Crippen molar-refractivity contribution in [3.8, 4) is 0 Å². The van der Waals surface area contributed by atoms with E-state index in [-0.39, 0.29) is 12.5 Å². The number of carbonyl (C=O) groups excluding carboxylic acids is 3. The van der Waals surface area contributed by atoms with Crippen LogP contribution in [0.25, 0.3) is 0 Å². The van der Waals surface area contributed by atoms with Crippen LogP contribution in [-0.2, 0) is 9.59 Å². The molecular formula is C16H18N2O3. The van der Waals surface area contributed by atoms with Crippen LogP contribution in [0.15, 0.2) is 12.1 Å². The molecule has 110 valence electrons. The lowest BCUT2D eigenvalue weighted by molar-refractivity contribution is -0.129. The van der Waals surface area contributed by atoms with Crippen LogP contribution >= 0.6 is 0 Å². The molecule has 0 saturated carbocycles. The molecule has 1 fully saturated rings. The van der Waals surface area contributed by atoms with Gasteiger partial charge in [0.1, 0.15) is 6.54 Å². The number of hydrogen-bond acceptors (Lipinski definition) is 3. The molecule has 1 aromatic rings. The standard InChI is InChI=1S/C16H18N2O3/c1-10-5-6-12-14(11(10)2)18(16(21)15(12)20)9-13(19)17-7-3-4-8-17/h5-6H,3-4,7-9H2,1-2H3. The smallest absolute Gasteiger partial charge is 0.299 e. The van der Waals surface area contributed by atoms with E-state index in [1.165, 1.54) is 4.90 Å². The fourth-order valence-electron chi connectivity index (χ4n) is 3.02. The number of Topliss-reactive ketones (excluding diaryl/α,β-unsaturated/α-hetero) is 1. The van der Waals surface area contributed by atoms with Crippen LogP contribution in [0.1, 0.15) is 34.3 Å². The highest BCUT2D eigenvalue weighted by Crippen LogP contribution is 2.34. The minimum atomic E-state index is -0.591. The van der Waals surface area contributed by atoms with Gasteiger partial charge in [-0.25, -0.2) is 0 Å². The molecule has 0 aromatic heterocycles. The summed E-state index contributed by atoms with van der Waals surface area (Å²) < 4.78 is 0. The third kappa shape index (κ3) is 2.13. The second-order valence-corrected chi connectivity index (χ2v) is 5.71. The third-order valence-corrected chi connectivity index (χ3v) is 4.41. The van der Waals surface area contributed by atoms with Crippen LogP contribution in [-0.4, -0.2) is 42.1 Å². The maximum absolute atomic E-state index is 12.3. The topological polar surface area (TPSA) is 57.7 Å². The summed E-state index contributed by atoms with van der Waals surface area (Å²) in [7, 11) is 0. The van der Waals surface area contributed by atoms with E-state index in [9.17, 15) is 14.4 Å². The predicted octanol–water partition coefficient (Wildman–Crippen LogP) is 1.46. The number of anilines is 1. The largest absolute Gasteiger partial charge is 0.341 e. The minimum Gasteiger partial charge on any atom is -0.341 e. The highest BCUT2D eigenvalue weighted by Gasteiger charge is 2.38. The van der Waals surface area contributed by atoms with E-state index >= 15 is 0 Å². The molecule has 5 nitrogen and oxygen atoms in total. The van der Waals surface area contributed by atoms with Crippen molar-refractivity contribution in [3.05, 3.63) is 28.8 Å². The summed E-state index contributed by atoms with van der Waals surface area (Å²) in [6, 6.07) is 3.52. The van der Waals surface area contributed by atoms with Gasteiger partial charge < -0.3 is 4.90 Å². The second-order valence-electron chi connectivity index (χ2n) is 5.71. The Morgan fingerprint density at radius 1 is 1.14 bits per heavy atom. The highest BCUT2D eigenvalue weighted by atomic mass is 16.2. The summed E-state index contributed by atoms with van der Waals surface area (Å²) in [5, 5.41) is 0. The van der Waals surface area contributed by atoms with Crippen LogP contribution in [0.5, 0.6) is 0 Å². The molecule has 21 heavy (non-hydrogen) atoms.